The number of nitrogens with two attached hydrogens (primary N) is 1. The van der Waals surface area contributed by atoms with Crippen molar-refractivity contribution in [3.8, 4) is 5.88 Å². The van der Waals surface area contributed by atoms with Crippen LogP contribution in [0.1, 0.15) is 21.5 Å². The minimum atomic E-state index is -0.568. The predicted octanol–water partition coefficient (Wildman–Crippen LogP) is 0.666. The number of aliphatic hydroxyl groups is 1. The number of ether oxygens (including phenoxy) is 3. The van der Waals surface area contributed by atoms with E-state index in [1.165, 1.54) is 0 Å². The van der Waals surface area contributed by atoms with Crippen molar-refractivity contribution in [3.63, 3.8) is 0 Å². The van der Waals surface area contributed by atoms with Gasteiger partial charge in [0.05, 0.1) is 39.2 Å². The lowest BCUT2D eigenvalue weighted by Gasteiger charge is -2.29. The SMILES string of the molecule is NC(=O)c1cc(C=NNc2cc(N3CCOCC3)cc(OCCN3CCOCC3)n2)cc(CO)c1. The molecular formula is C24H32N6O5. The van der Waals surface area contributed by atoms with Gasteiger partial charge in [-0.25, -0.2) is 0 Å². The van der Waals surface area contributed by atoms with Gasteiger partial charge in [-0.2, -0.15) is 10.1 Å². The van der Waals surface area contributed by atoms with Gasteiger partial charge in [0.2, 0.25) is 11.8 Å². The van der Waals surface area contributed by atoms with Crippen molar-refractivity contribution in [2.75, 3.05) is 76.1 Å². The summed E-state index contributed by atoms with van der Waals surface area (Å²) in [4.78, 5) is 20.6. The molecule has 4 N–H and O–H groups in total. The van der Waals surface area contributed by atoms with Crippen molar-refractivity contribution in [3.05, 3.63) is 47.0 Å². The molecule has 2 aromatic rings. The monoisotopic (exact) mass is 484 g/mol. The summed E-state index contributed by atoms with van der Waals surface area (Å²) in [6.45, 7) is 7.32. The molecule has 11 nitrogen and oxygen atoms in total. The highest BCUT2D eigenvalue weighted by Gasteiger charge is 2.15. The van der Waals surface area contributed by atoms with Crippen molar-refractivity contribution in [2.24, 2.45) is 10.8 Å². The summed E-state index contributed by atoms with van der Waals surface area (Å²) in [5, 5.41) is 13.7. The number of morpholine rings is 2. The van der Waals surface area contributed by atoms with Crippen molar-refractivity contribution < 1.29 is 24.1 Å². The number of anilines is 2. The number of nitrogens with one attached hydrogen (secondary N) is 1. The highest BCUT2D eigenvalue weighted by atomic mass is 16.5. The molecule has 1 amide bonds. The third-order valence-corrected chi connectivity index (χ3v) is 5.80. The van der Waals surface area contributed by atoms with Crippen LogP contribution in [-0.2, 0) is 16.1 Å². The molecule has 2 saturated heterocycles. The van der Waals surface area contributed by atoms with Gasteiger partial charge in [0.25, 0.3) is 0 Å². The zero-order chi connectivity index (χ0) is 24.5. The Kier molecular flexibility index (Phi) is 8.85. The first-order valence-corrected chi connectivity index (χ1v) is 11.7. The number of aliphatic hydroxyl groups excluding tert-OH is 1. The molecule has 188 valence electrons. The van der Waals surface area contributed by atoms with Crippen molar-refractivity contribution in [1.82, 2.24) is 9.88 Å². The second-order valence-electron chi connectivity index (χ2n) is 8.31. The average molecular weight is 485 g/mol. The van der Waals surface area contributed by atoms with Crippen LogP contribution in [0.5, 0.6) is 5.88 Å². The Morgan fingerprint density at radius 2 is 1.86 bits per heavy atom. The van der Waals surface area contributed by atoms with Crippen LogP contribution in [0.15, 0.2) is 35.4 Å². The summed E-state index contributed by atoms with van der Waals surface area (Å²) in [6.07, 6.45) is 1.55. The Bertz CT molecular complexity index is 1020. The van der Waals surface area contributed by atoms with Gasteiger partial charge in [0.1, 0.15) is 6.61 Å². The third kappa shape index (κ3) is 7.36. The van der Waals surface area contributed by atoms with E-state index in [9.17, 15) is 9.90 Å². The zero-order valence-electron chi connectivity index (χ0n) is 19.7. The Labute approximate surface area is 204 Å². The van der Waals surface area contributed by atoms with Gasteiger partial charge in [0, 0.05) is 56.1 Å². The lowest BCUT2D eigenvalue weighted by atomic mass is 10.1. The van der Waals surface area contributed by atoms with Crippen molar-refractivity contribution in [2.45, 2.75) is 6.61 Å². The number of nitrogens with zero attached hydrogens (tertiary/aromatic N) is 4. The highest BCUT2D eigenvalue weighted by Crippen LogP contribution is 2.25. The number of hydrogen-bond donors (Lipinski definition) is 3. The largest absolute Gasteiger partial charge is 0.476 e. The number of hydrogen-bond acceptors (Lipinski definition) is 10. The molecule has 0 radical (unpaired) electrons. The summed E-state index contributed by atoms with van der Waals surface area (Å²) < 4.78 is 16.9. The van der Waals surface area contributed by atoms with Crippen LogP contribution in [0.2, 0.25) is 0 Å². The molecule has 1 aromatic carbocycles. The molecule has 0 aliphatic carbocycles. The smallest absolute Gasteiger partial charge is 0.248 e. The highest BCUT2D eigenvalue weighted by molar-refractivity contribution is 5.95. The first-order valence-electron chi connectivity index (χ1n) is 11.7. The number of amides is 1. The van der Waals surface area contributed by atoms with Gasteiger partial charge in [-0.05, 0) is 29.3 Å². The molecule has 2 fully saturated rings. The predicted molar refractivity (Wildman–Crippen MR) is 132 cm³/mol. The fourth-order valence-electron chi connectivity index (χ4n) is 3.93. The molecule has 4 rings (SSSR count). The number of aromatic nitrogens is 1. The first-order chi connectivity index (χ1) is 17.1. The van der Waals surface area contributed by atoms with Crippen molar-refractivity contribution >= 4 is 23.6 Å². The lowest BCUT2D eigenvalue weighted by molar-refractivity contribution is 0.0320. The minimum absolute atomic E-state index is 0.205. The quantitative estimate of drug-likeness (QED) is 0.328. The van der Waals surface area contributed by atoms with E-state index in [0.29, 0.717) is 48.2 Å². The van der Waals surface area contributed by atoms with Crippen LogP contribution < -0.4 is 20.8 Å². The van der Waals surface area contributed by atoms with Gasteiger partial charge >= 0.3 is 0 Å². The molecule has 0 unspecified atom stereocenters. The molecule has 0 spiro atoms. The number of carbonyl (C=O) groups excluding carboxylic acids is 1. The number of primary amides is 1. The maximum atomic E-state index is 11.6. The Hall–Kier alpha value is -3.25. The molecule has 2 aliphatic heterocycles. The van der Waals surface area contributed by atoms with Crippen LogP contribution >= 0.6 is 0 Å². The lowest BCUT2D eigenvalue weighted by Crippen LogP contribution is -2.38. The molecule has 0 atom stereocenters. The zero-order valence-corrected chi connectivity index (χ0v) is 19.7. The van der Waals surface area contributed by atoms with Gasteiger partial charge in [0.15, 0.2) is 5.82 Å². The summed E-state index contributed by atoms with van der Waals surface area (Å²) in [7, 11) is 0. The number of hydrazone groups is 1. The van der Waals surface area contributed by atoms with Gasteiger partial charge in [-0.1, -0.05) is 0 Å². The van der Waals surface area contributed by atoms with E-state index in [4.69, 9.17) is 19.9 Å². The summed E-state index contributed by atoms with van der Waals surface area (Å²) in [5.74, 6) is 0.472. The van der Waals surface area contributed by atoms with E-state index in [2.05, 4.69) is 25.3 Å². The van der Waals surface area contributed by atoms with E-state index >= 15 is 0 Å². The Balaban J connectivity index is 1.46. The topological polar surface area (TPSA) is 135 Å². The third-order valence-electron chi connectivity index (χ3n) is 5.80. The molecular weight excluding hydrogens is 452 g/mol. The van der Waals surface area contributed by atoms with E-state index in [1.54, 1.807) is 24.4 Å². The normalized spacial score (nSPS) is 17.0. The second kappa shape index (κ2) is 12.5. The van der Waals surface area contributed by atoms with Gasteiger partial charge in [-0.3, -0.25) is 15.1 Å². The fourth-order valence-corrected chi connectivity index (χ4v) is 3.93. The molecule has 0 saturated carbocycles. The Morgan fingerprint density at radius 3 is 2.57 bits per heavy atom. The van der Waals surface area contributed by atoms with E-state index in [1.807, 2.05) is 12.1 Å². The average Bonchev–Trinajstić information content (AvgIpc) is 2.89. The number of rotatable bonds is 10. The van der Waals surface area contributed by atoms with Crippen LogP contribution in [0.4, 0.5) is 11.5 Å². The summed E-state index contributed by atoms with van der Waals surface area (Å²) >= 11 is 0. The Morgan fingerprint density at radius 1 is 1.11 bits per heavy atom. The van der Waals surface area contributed by atoms with Crippen LogP contribution in [0.3, 0.4) is 0 Å². The molecule has 2 aliphatic rings. The minimum Gasteiger partial charge on any atom is -0.476 e. The van der Waals surface area contributed by atoms with Crippen LogP contribution in [0, 0.1) is 0 Å². The molecule has 1 aromatic heterocycles. The molecule has 0 bridgehead atoms. The van der Waals surface area contributed by atoms with Crippen LogP contribution in [-0.4, -0.2) is 92.9 Å². The first kappa shape index (κ1) is 24.9. The number of pyridine rings is 1. The standard InChI is InChI=1S/C24H32N6O5/c25-24(32)20-12-18(11-19(13-20)17-31)16-26-28-22-14-21(30-4-8-34-9-5-30)15-23(27-22)35-10-3-29-1-6-33-7-2-29/h11-16,31H,1-10,17H2,(H2,25,32)(H,27,28). The van der Waals surface area contributed by atoms with E-state index < -0.39 is 5.91 Å². The second-order valence-corrected chi connectivity index (χ2v) is 8.31. The number of carbonyl (C=O) groups is 1. The molecule has 11 heteroatoms. The van der Waals surface area contributed by atoms with E-state index in [0.717, 1.165) is 51.6 Å². The fraction of sp³-hybridized carbons (Fsp3) is 0.458. The van der Waals surface area contributed by atoms with Gasteiger partial charge in [-0.15, -0.1) is 0 Å². The molecule has 35 heavy (non-hydrogen) atoms. The van der Waals surface area contributed by atoms with E-state index in [-0.39, 0.29) is 6.61 Å². The molecule has 3 heterocycles. The van der Waals surface area contributed by atoms with Crippen LogP contribution in [0.25, 0.3) is 0 Å². The maximum absolute atomic E-state index is 11.6. The summed E-state index contributed by atoms with van der Waals surface area (Å²) in [5.41, 5.74) is 10.8. The maximum Gasteiger partial charge on any atom is 0.248 e. The summed E-state index contributed by atoms with van der Waals surface area (Å²) in [6, 6.07) is 8.75. The van der Waals surface area contributed by atoms with Gasteiger partial charge < -0.3 is 30.0 Å². The van der Waals surface area contributed by atoms with Crippen molar-refractivity contribution in [1.29, 1.82) is 0 Å². The number of benzene rings is 1.